The molecule has 3 N–H and O–H groups in total. The predicted molar refractivity (Wildman–Crippen MR) is 84.4 cm³/mol. The molecule has 0 aromatic carbocycles. The van der Waals surface area contributed by atoms with Gasteiger partial charge in [0, 0.05) is 22.8 Å². The van der Waals surface area contributed by atoms with Crippen LogP contribution in [0.1, 0.15) is 41.0 Å². The number of ether oxygens (including phenoxy) is 1. The van der Waals surface area contributed by atoms with Gasteiger partial charge in [0.25, 0.3) is 0 Å². The quantitative estimate of drug-likeness (QED) is 0.686. The highest BCUT2D eigenvalue weighted by Crippen LogP contribution is 2.05. The molecule has 0 saturated heterocycles. The lowest BCUT2D eigenvalue weighted by Crippen LogP contribution is -2.37. The van der Waals surface area contributed by atoms with Crippen LogP contribution in [0.25, 0.3) is 0 Å². The van der Waals surface area contributed by atoms with E-state index in [1.54, 1.807) is 6.26 Å². The van der Waals surface area contributed by atoms with E-state index in [9.17, 15) is 13.8 Å². The highest BCUT2D eigenvalue weighted by molar-refractivity contribution is 7.84. The Hall–Kier alpha value is -0.950. The van der Waals surface area contributed by atoms with E-state index in [2.05, 4.69) is 18.6 Å². The molecule has 7 heteroatoms. The van der Waals surface area contributed by atoms with E-state index in [0.717, 1.165) is 5.75 Å². The number of carboxylic acid groups (broad SMARTS) is 1. The number of hydrogen-bond donors (Lipinski definition) is 2. The van der Waals surface area contributed by atoms with Crippen LogP contribution >= 0.6 is 0 Å². The van der Waals surface area contributed by atoms with Gasteiger partial charge in [-0.3, -0.25) is 9.00 Å². The van der Waals surface area contributed by atoms with Crippen molar-refractivity contribution in [2.45, 2.75) is 53.2 Å². The summed E-state index contributed by atoms with van der Waals surface area (Å²) >= 11 is 0. The van der Waals surface area contributed by atoms with Crippen molar-refractivity contribution < 1.29 is 23.6 Å². The second-order valence-electron chi connectivity index (χ2n) is 5.79. The van der Waals surface area contributed by atoms with Crippen LogP contribution < -0.4 is 5.73 Å². The van der Waals surface area contributed by atoms with Crippen LogP contribution in [0.15, 0.2) is 0 Å². The number of carbonyl (C=O) groups is 2. The van der Waals surface area contributed by atoms with E-state index < -0.39 is 34.9 Å². The van der Waals surface area contributed by atoms with Gasteiger partial charge in [-0.15, -0.1) is 0 Å². The Morgan fingerprint density at radius 2 is 1.62 bits per heavy atom. The third-order valence-electron chi connectivity index (χ3n) is 2.24. The van der Waals surface area contributed by atoms with E-state index in [4.69, 9.17) is 10.8 Å². The van der Waals surface area contributed by atoms with Gasteiger partial charge in [0.05, 0.1) is 0 Å². The molecule has 21 heavy (non-hydrogen) atoms. The Labute approximate surface area is 129 Å². The zero-order chi connectivity index (χ0) is 17.2. The molecular formula is C14H29NO5S. The number of aliphatic carboxylic acids is 1. The summed E-state index contributed by atoms with van der Waals surface area (Å²) in [6.07, 6.45) is 1.09. The smallest absolute Gasteiger partial charge is 0.344 e. The van der Waals surface area contributed by atoms with Crippen molar-refractivity contribution in [1.29, 1.82) is 0 Å². The van der Waals surface area contributed by atoms with Crippen molar-refractivity contribution in [3.05, 3.63) is 0 Å². The van der Waals surface area contributed by atoms with E-state index >= 15 is 0 Å². The maximum atomic E-state index is 11.2. The van der Waals surface area contributed by atoms with Gasteiger partial charge in [-0.05, 0) is 25.2 Å². The molecule has 0 bridgehead atoms. The van der Waals surface area contributed by atoms with Crippen molar-refractivity contribution in [2.24, 2.45) is 17.6 Å². The number of esters is 1. The zero-order valence-electron chi connectivity index (χ0n) is 13.8. The third-order valence-corrected chi connectivity index (χ3v) is 3.37. The highest BCUT2D eigenvalue weighted by atomic mass is 32.2. The van der Waals surface area contributed by atoms with Crippen LogP contribution in [0.2, 0.25) is 0 Å². The van der Waals surface area contributed by atoms with E-state index in [-0.39, 0.29) is 5.92 Å². The molecule has 0 aliphatic heterocycles. The summed E-state index contributed by atoms with van der Waals surface area (Å²) in [5.41, 5.74) is 5.50. The number of carboxylic acids is 1. The Morgan fingerprint density at radius 1 is 1.14 bits per heavy atom. The molecule has 6 nitrogen and oxygen atoms in total. The van der Waals surface area contributed by atoms with Gasteiger partial charge in [-0.25, -0.2) is 4.79 Å². The summed E-state index contributed by atoms with van der Waals surface area (Å²) in [7, 11) is -0.596. The maximum Gasteiger partial charge on any atom is 0.344 e. The normalized spacial score (nSPS) is 14.9. The summed E-state index contributed by atoms with van der Waals surface area (Å²) in [5, 5.41) is 8.48. The molecule has 1 unspecified atom stereocenters. The van der Waals surface area contributed by atoms with Crippen molar-refractivity contribution in [2.75, 3.05) is 12.0 Å². The summed E-state index contributed by atoms with van der Waals surface area (Å²) in [5.74, 6) is -0.146. The Kier molecular flexibility index (Phi) is 12.4. The second-order valence-corrected chi connectivity index (χ2v) is 7.27. The molecule has 0 aliphatic rings. The average molecular weight is 323 g/mol. The summed E-state index contributed by atoms with van der Waals surface area (Å²) in [6.45, 7) is 9.28. The SMILES string of the molecule is CC(C)CS(C)=O.CC(C)C[C@H](N)C(=O)O[C@@H](C)C(=O)O. The Bertz CT molecular complexity index is 344. The molecule has 0 radical (unpaired) electrons. The predicted octanol–water partition coefficient (Wildman–Crippen LogP) is 1.40. The van der Waals surface area contributed by atoms with Crippen LogP contribution in [0.4, 0.5) is 0 Å². The van der Waals surface area contributed by atoms with E-state index in [0.29, 0.717) is 12.3 Å². The topological polar surface area (TPSA) is 107 Å². The fraction of sp³-hybridized carbons (Fsp3) is 0.857. The second kappa shape index (κ2) is 11.7. The van der Waals surface area contributed by atoms with Crippen LogP contribution in [-0.2, 0) is 25.1 Å². The third kappa shape index (κ3) is 15.3. The number of carbonyl (C=O) groups excluding carboxylic acids is 1. The fourth-order valence-corrected chi connectivity index (χ4v) is 2.32. The summed E-state index contributed by atoms with van der Waals surface area (Å²) in [4.78, 5) is 21.5. The van der Waals surface area contributed by atoms with Crippen LogP contribution in [-0.4, -0.2) is 45.4 Å². The van der Waals surface area contributed by atoms with E-state index in [1.165, 1.54) is 6.92 Å². The number of hydrogen-bond acceptors (Lipinski definition) is 5. The minimum absolute atomic E-state index is 0.276. The molecule has 0 aliphatic carbocycles. The average Bonchev–Trinajstić information content (AvgIpc) is 2.26. The molecule has 0 aromatic rings. The van der Waals surface area contributed by atoms with Gasteiger partial charge in [-0.1, -0.05) is 27.7 Å². The monoisotopic (exact) mass is 323 g/mol. The first-order valence-corrected chi connectivity index (χ1v) is 8.68. The van der Waals surface area contributed by atoms with Crippen molar-refractivity contribution >= 4 is 22.7 Å². The van der Waals surface area contributed by atoms with Crippen LogP contribution in [0.3, 0.4) is 0 Å². The molecule has 0 aromatic heterocycles. The molecule has 0 amide bonds. The summed E-state index contributed by atoms with van der Waals surface area (Å²) < 4.78 is 15.0. The lowest BCUT2D eigenvalue weighted by molar-refractivity contribution is -0.163. The maximum absolute atomic E-state index is 11.2. The number of rotatable bonds is 7. The molecule has 3 atom stereocenters. The first-order chi connectivity index (χ1) is 9.47. The van der Waals surface area contributed by atoms with Gasteiger partial charge in [-0.2, -0.15) is 0 Å². The first-order valence-electron chi connectivity index (χ1n) is 6.96. The zero-order valence-corrected chi connectivity index (χ0v) is 14.6. The lowest BCUT2D eigenvalue weighted by Gasteiger charge is -2.15. The van der Waals surface area contributed by atoms with Gasteiger partial charge in [0.1, 0.15) is 6.04 Å². The molecule has 0 heterocycles. The largest absolute Gasteiger partial charge is 0.479 e. The van der Waals surface area contributed by atoms with Crippen molar-refractivity contribution in [3.63, 3.8) is 0 Å². The molecule has 0 fully saturated rings. The fourth-order valence-electron chi connectivity index (χ4n) is 1.39. The molecule has 0 saturated carbocycles. The molecular weight excluding hydrogens is 294 g/mol. The lowest BCUT2D eigenvalue weighted by atomic mass is 10.1. The van der Waals surface area contributed by atoms with E-state index in [1.807, 2.05) is 13.8 Å². The van der Waals surface area contributed by atoms with Crippen LogP contribution in [0, 0.1) is 11.8 Å². The highest BCUT2D eigenvalue weighted by Gasteiger charge is 2.22. The van der Waals surface area contributed by atoms with Crippen molar-refractivity contribution in [3.8, 4) is 0 Å². The molecule has 126 valence electrons. The molecule has 0 spiro atoms. The molecule has 0 rings (SSSR count). The number of nitrogens with two attached hydrogens (primary N) is 1. The minimum Gasteiger partial charge on any atom is -0.479 e. The van der Waals surface area contributed by atoms with Gasteiger partial charge >= 0.3 is 11.9 Å². The standard InChI is InChI=1S/C9H17NO4.C5H12OS/c1-5(2)4-7(10)9(13)14-6(3)8(11)12;1-5(2)4-7(3)6/h5-7H,4,10H2,1-3H3,(H,11,12);5H,4H2,1-3H3/t6-,7-;/m0./s1. The minimum atomic E-state index is -1.17. The summed E-state index contributed by atoms with van der Waals surface area (Å²) in [6, 6.07) is -0.739. The van der Waals surface area contributed by atoms with Gasteiger partial charge < -0.3 is 15.6 Å². The Balaban J connectivity index is 0. The first kappa shape index (κ1) is 22.3. The van der Waals surface area contributed by atoms with Crippen LogP contribution in [0.5, 0.6) is 0 Å². The van der Waals surface area contributed by atoms with Gasteiger partial charge in [0.2, 0.25) is 0 Å². The Morgan fingerprint density at radius 3 is 1.86 bits per heavy atom. The van der Waals surface area contributed by atoms with Crippen molar-refractivity contribution in [1.82, 2.24) is 0 Å². The van der Waals surface area contributed by atoms with Gasteiger partial charge in [0.15, 0.2) is 6.10 Å².